The van der Waals surface area contributed by atoms with Crippen molar-refractivity contribution < 1.29 is 9.90 Å². The van der Waals surface area contributed by atoms with Gasteiger partial charge in [0, 0.05) is 25.5 Å². The molecule has 0 aliphatic heterocycles. The zero-order chi connectivity index (χ0) is 15.8. The van der Waals surface area contributed by atoms with Gasteiger partial charge in [0.25, 0.3) is 0 Å². The van der Waals surface area contributed by atoms with Crippen LogP contribution in [0.2, 0.25) is 0 Å². The van der Waals surface area contributed by atoms with Crippen LogP contribution in [0.1, 0.15) is 24.7 Å². The topological polar surface area (TPSA) is 79.2 Å². The van der Waals surface area contributed by atoms with Gasteiger partial charge in [-0.1, -0.05) is 30.3 Å². The third-order valence-electron chi connectivity index (χ3n) is 3.25. The third kappa shape index (κ3) is 5.21. The van der Waals surface area contributed by atoms with Crippen LogP contribution < -0.4 is 10.6 Å². The van der Waals surface area contributed by atoms with Crippen molar-refractivity contribution in [3.8, 4) is 0 Å². The van der Waals surface area contributed by atoms with E-state index in [2.05, 4.69) is 27.8 Å². The molecule has 0 saturated heterocycles. The van der Waals surface area contributed by atoms with Crippen molar-refractivity contribution in [1.82, 2.24) is 20.2 Å². The lowest BCUT2D eigenvalue weighted by molar-refractivity contribution is 0.183. The van der Waals surface area contributed by atoms with Crippen LogP contribution in [0.3, 0.4) is 0 Å². The summed E-state index contributed by atoms with van der Waals surface area (Å²) in [4.78, 5) is 15.9. The molecule has 0 spiro atoms. The zero-order valence-corrected chi connectivity index (χ0v) is 12.7. The van der Waals surface area contributed by atoms with Crippen LogP contribution in [0.25, 0.3) is 0 Å². The van der Waals surface area contributed by atoms with E-state index < -0.39 is 6.10 Å². The molecule has 0 aliphatic carbocycles. The molecule has 1 atom stereocenters. The first-order chi connectivity index (χ1) is 10.6. The Labute approximate surface area is 130 Å². The second kappa shape index (κ2) is 8.19. The smallest absolute Gasteiger partial charge is 0.315 e. The number of carbonyl (C=O) groups excluding carboxylic acids is 1. The van der Waals surface area contributed by atoms with Crippen LogP contribution in [0.4, 0.5) is 4.79 Å². The number of hydrogen-bond acceptors (Lipinski definition) is 3. The monoisotopic (exact) mass is 302 g/mol. The molecular formula is C16H22N4O2. The summed E-state index contributed by atoms with van der Waals surface area (Å²) in [7, 11) is 0. The Morgan fingerprint density at radius 3 is 2.82 bits per heavy atom. The van der Waals surface area contributed by atoms with Crippen LogP contribution in [0, 0.1) is 0 Å². The zero-order valence-electron chi connectivity index (χ0n) is 12.7. The quantitative estimate of drug-likeness (QED) is 0.725. The molecule has 6 heteroatoms. The summed E-state index contributed by atoms with van der Waals surface area (Å²) in [5.74, 6) is 0.800. The highest BCUT2D eigenvalue weighted by atomic mass is 16.3. The van der Waals surface area contributed by atoms with Gasteiger partial charge in [0.15, 0.2) is 0 Å². The van der Waals surface area contributed by atoms with Gasteiger partial charge in [0.1, 0.15) is 5.82 Å². The van der Waals surface area contributed by atoms with Gasteiger partial charge in [-0.25, -0.2) is 9.78 Å². The number of nitrogens with zero attached hydrogens (tertiary/aromatic N) is 2. The molecule has 22 heavy (non-hydrogen) atoms. The first-order valence-corrected chi connectivity index (χ1v) is 7.39. The van der Waals surface area contributed by atoms with Gasteiger partial charge in [-0.3, -0.25) is 0 Å². The third-order valence-corrected chi connectivity index (χ3v) is 3.25. The number of carbonyl (C=O) groups is 1. The highest BCUT2D eigenvalue weighted by molar-refractivity contribution is 5.73. The van der Waals surface area contributed by atoms with Crippen molar-refractivity contribution in [1.29, 1.82) is 0 Å². The van der Waals surface area contributed by atoms with Crippen LogP contribution in [0.15, 0.2) is 42.7 Å². The van der Waals surface area contributed by atoms with E-state index in [-0.39, 0.29) is 6.03 Å². The van der Waals surface area contributed by atoms with Crippen molar-refractivity contribution in [2.45, 2.75) is 32.5 Å². The molecule has 1 unspecified atom stereocenters. The van der Waals surface area contributed by atoms with Crippen LogP contribution in [0.5, 0.6) is 0 Å². The number of aliphatic hydroxyl groups is 1. The van der Waals surface area contributed by atoms with E-state index in [1.54, 1.807) is 13.1 Å². The molecule has 1 aromatic heterocycles. The van der Waals surface area contributed by atoms with Gasteiger partial charge in [-0.2, -0.15) is 0 Å². The van der Waals surface area contributed by atoms with Crippen LogP contribution >= 0.6 is 0 Å². The number of aromatic nitrogens is 2. The molecular weight excluding hydrogens is 280 g/mol. The van der Waals surface area contributed by atoms with Gasteiger partial charge in [-0.05, 0) is 18.9 Å². The Bertz CT molecular complexity index is 581. The SMILES string of the molecule is CC(O)CCNC(=O)NCc1nccn1Cc1ccccc1. The Morgan fingerprint density at radius 1 is 1.32 bits per heavy atom. The fourth-order valence-corrected chi connectivity index (χ4v) is 2.05. The molecule has 3 N–H and O–H groups in total. The van der Waals surface area contributed by atoms with E-state index in [4.69, 9.17) is 5.11 Å². The molecule has 0 fully saturated rings. The summed E-state index contributed by atoms with van der Waals surface area (Å²) in [5, 5.41) is 14.6. The molecule has 2 aromatic rings. The lowest BCUT2D eigenvalue weighted by atomic mass is 10.2. The maximum Gasteiger partial charge on any atom is 0.315 e. The lowest BCUT2D eigenvalue weighted by Gasteiger charge is -2.10. The Balaban J connectivity index is 1.81. The van der Waals surface area contributed by atoms with E-state index in [0.29, 0.717) is 19.5 Å². The molecule has 2 rings (SSSR count). The van der Waals surface area contributed by atoms with E-state index in [1.165, 1.54) is 5.56 Å². The number of imidazole rings is 1. The standard InChI is InChI=1S/C16H22N4O2/c1-13(21)7-8-18-16(22)19-11-15-17-9-10-20(15)12-14-5-3-2-4-6-14/h2-6,9-10,13,21H,7-8,11-12H2,1H3,(H2,18,19,22). The number of rotatable bonds is 7. The number of aliphatic hydroxyl groups excluding tert-OH is 1. The summed E-state index contributed by atoms with van der Waals surface area (Å²) < 4.78 is 2.01. The van der Waals surface area contributed by atoms with Crippen molar-refractivity contribution in [3.05, 3.63) is 54.1 Å². The molecule has 118 valence electrons. The van der Waals surface area contributed by atoms with Crippen LogP contribution in [-0.2, 0) is 13.1 Å². The van der Waals surface area contributed by atoms with E-state index >= 15 is 0 Å². The Morgan fingerprint density at radius 2 is 2.09 bits per heavy atom. The summed E-state index contributed by atoms with van der Waals surface area (Å²) in [6.45, 7) is 3.23. The molecule has 1 aromatic carbocycles. The lowest BCUT2D eigenvalue weighted by Crippen LogP contribution is -2.37. The van der Waals surface area contributed by atoms with E-state index in [0.717, 1.165) is 12.4 Å². The normalized spacial score (nSPS) is 11.9. The first-order valence-electron chi connectivity index (χ1n) is 7.39. The molecule has 6 nitrogen and oxygen atoms in total. The molecule has 0 aliphatic rings. The number of hydrogen-bond donors (Lipinski definition) is 3. The van der Waals surface area contributed by atoms with E-state index in [1.807, 2.05) is 29.0 Å². The van der Waals surface area contributed by atoms with Crippen molar-refractivity contribution in [2.24, 2.45) is 0 Å². The Kier molecular flexibility index (Phi) is 5.97. The number of nitrogens with one attached hydrogen (secondary N) is 2. The highest BCUT2D eigenvalue weighted by Crippen LogP contribution is 2.05. The largest absolute Gasteiger partial charge is 0.393 e. The van der Waals surface area contributed by atoms with Gasteiger partial charge in [-0.15, -0.1) is 0 Å². The van der Waals surface area contributed by atoms with Crippen molar-refractivity contribution in [2.75, 3.05) is 6.54 Å². The van der Waals surface area contributed by atoms with Gasteiger partial charge >= 0.3 is 6.03 Å². The van der Waals surface area contributed by atoms with Crippen molar-refractivity contribution in [3.63, 3.8) is 0 Å². The molecule has 2 amide bonds. The summed E-state index contributed by atoms with van der Waals surface area (Å²) in [6, 6.07) is 9.84. The number of amides is 2. The molecule has 0 radical (unpaired) electrons. The fraction of sp³-hybridized carbons (Fsp3) is 0.375. The molecule has 0 saturated carbocycles. The fourth-order valence-electron chi connectivity index (χ4n) is 2.05. The van der Waals surface area contributed by atoms with E-state index in [9.17, 15) is 4.79 Å². The average molecular weight is 302 g/mol. The average Bonchev–Trinajstić information content (AvgIpc) is 2.93. The summed E-state index contributed by atoms with van der Waals surface area (Å²) in [5.41, 5.74) is 1.18. The highest BCUT2D eigenvalue weighted by Gasteiger charge is 2.06. The van der Waals surface area contributed by atoms with Gasteiger partial charge < -0.3 is 20.3 Å². The Hall–Kier alpha value is -2.34. The summed E-state index contributed by atoms with van der Waals surface area (Å²) in [6.07, 6.45) is 3.75. The predicted molar refractivity (Wildman–Crippen MR) is 84.3 cm³/mol. The number of benzene rings is 1. The summed E-state index contributed by atoms with van der Waals surface area (Å²) >= 11 is 0. The van der Waals surface area contributed by atoms with Crippen LogP contribution in [-0.4, -0.2) is 33.3 Å². The maximum atomic E-state index is 11.6. The van der Waals surface area contributed by atoms with Crippen molar-refractivity contribution >= 4 is 6.03 Å². The second-order valence-corrected chi connectivity index (χ2v) is 5.20. The van der Waals surface area contributed by atoms with Gasteiger partial charge in [0.2, 0.25) is 0 Å². The van der Waals surface area contributed by atoms with Gasteiger partial charge in [0.05, 0.1) is 12.6 Å². The predicted octanol–water partition coefficient (Wildman–Crippen LogP) is 1.50. The minimum atomic E-state index is -0.412. The maximum absolute atomic E-state index is 11.6. The second-order valence-electron chi connectivity index (χ2n) is 5.20. The first kappa shape index (κ1) is 16.0. The molecule has 1 heterocycles. The minimum Gasteiger partial charge on any atom is -0.393 e. The minimum absolute atomic E-state index is 0.255. The molecule has 0 bridgehead atoms. The number of urea groups is 1.